The molecule has 0 radical (unpaired) electrons. The first-order valence-corrected chi connectivity index (χ1v) is 9.07. The second-order valence-electron chi connectivity index (χ2n) is 6.55. The highest BCUT2D eigenvalue weighted by Crippen LogP contribution is 2.27. The number of benzene rings is 3. The largest absolute Gasteiger partial charge is 0.424 e. The number of amides is 2. The first kappa shape index (κ1) is 19.2. The molecule has 5 heteroatoms. The van der Waals surface area contributed by atoms with E-state index in [1.807, 2.05) is 74.5 Å². The van der Waals surface area contributed by atoms with Gasteiger partial charge in [-0.05, 0) is 36.4 Å². The summed E-state index contributed by atoms with van der Waals surface area (Å²) in [6.07, 6.45) is -0.537. The molecule has 0 unspecified atom stereocenters. The molecule has 0 fully saturated rings. The summed E-state index contributed by atoms with van der Waals surface area (Å²) in [6.45, 7) is 3.63. The number of carbonyl (C=O) groups is 2. The number of ether oxygens (including phenoxy) is 1. The van der Waals surface area contributed by atoms with Crippen LogP contribution in [-0.2, 0) is 4.79 Å². The zero-order chi connectivity index (χ0) is 19.9. The van der Waals surface area contributed by atoms with E-state index in [0.717, 1.165) is 0 Å². The van der Waals surface area contributed by atoms with E-state index < -0.39 is 6.09 Å². The van der Waals surface area contributed by atoms with Crippen molar-refractivity contribution in [3.8, 4) is 5.75 Å². The lowest BCUT2D eigenvalue weighted by molar-refractivity contribution is -0.118. The van der Waals surface area contributed by atoms with Crippen molar-refractivity contribution >= 4 is 29.1 Å². The Morgan fingerprint density at radius 3 is 1.93 bits per heavy atom. The molecule has 28 heavy (non-hydrogen) atoms. The SMILES string of the molecule is CC(C)C(=O)Nc1cccc(OC(=O)N(c2ccccc2)c2ccccc2)c1. The van der Waals surface area contributed by atoms with Crippen molar-refractivity contribution < 1.29 is 14.3 Å². The summed E-state index contributed by atoms with van der Waals surface area (Å²) in [5.74, 6) is 0.111. The molecule has 0 spiro atoms. The van der Waals surface area contributed by atoms with Crippen molar-refractivity contribution in [3.05, 3.63) is 84.9 Å². The zero-order valence-corrected chi connectivity index (χ0v) is 15.8. The zero-order valence-electron chi connectivity index (χ0n) is 15.8. The molecule has 0 saturated heterocycles. The van der Waals surface area contributed by atoms with E-state index >= 15 is 0 Å². The Kier molecular flexibility index (Phi) is 6.07. The van der Waals surface area contributed by atoms with Gasteiger partial charge in [-0.1, -0.05) is 56.3 Å². The molecule has 2 amide bonds. The van der Waals surface area contributed by atoms with Crippen LogP contribution in [0, 0.1) is 5.92 Å². The molecule has 0 aliphatic rings. The summed E-state index contributed by atoms with van der Waals surface area (Å²) >= 11 is 0. The minimum atomic E-state index is -0.537. The molecule has 0 atom stereocenters. The van der Waals surface area contributed by atoms with Crippen LogP contribution in [0.1, 0.15) is 13.8 Å². The fourth-order valence-corrected chi connectivity index (χ4v) is 2.58. The third-order valence-corrected chi connectivity index (χ3v) is 4.04. The molecule has 0 aliphatic carbocycles. The summed E-state index contributed by atoms with van der Waals surface area (Å²) < 4.78 is 5.60. The quantitative estimate of drug-likeness (QED) is 0.631. The van der Waals surface area contributed by atoms with Gasteiger partial charge in [0.25, 0.3) is 0 Å². The summed E-state index contributed by atoms with van der Waals surface area (Å²) in [7, 11) is 0. The van der Waals surface area contributed by atoms with E-state index in [9.17, 15) is 9.59 Å². The lowest BCUT2D eigenvalue weighted by atomic mass is 10.2. The Balaban J connectivity index is 1.84. The standard InChI is InChI=1S/C23H22N2O3/c1-17(2)22(26)24-18-10-9-15-21(16-18)28-23(27)25(19-11-5-3-6-12-19)20-13-7-4-8-14-20/h3-17H,1-2H3,(H,24,26). The van der Waals surface area contributed by atoms with Crippen molar-refractivity contribution in [2.24, 2.45) is 5.92 Å². The van der Waals surface area contributed by atoms with E-state index in [1.165, 1.54) is 4.90 Å². The van der Waals surface area contributed by atoms with E-state index in [1.54, 1.807) is 24.3 Å². The van der Waals surface area contributed by atoms with Crippen molar-refractivity contribution in [1.82, 2.24) is 0 Å². The van der Waals surface area contributed by atoms with Gasteiger partial charge in [-0.3, -0.25) is 4.79 Å². The molecule has 0 aromatic heterocycles. The highest BCUT2D eigenvalue weighted by atomic mass is 16.6. The first-order valence-electron chi connectivity index (χ1n) is 9.07. The minimum absolute atomic E-state index is 0.0984. The van der Waals surface area contributed by atoms with Crippen LogP contribution in [0.4, 0.5) is 21.9 Å². The van der Waals surface area contributed by atoms with Gasteiger partial charge in [-0.2, -0.15) is 0 Å². The molecule has 1 N–H and O–H groups in total. The highest BCUT2D eigenvalue weighted by Gasteiger charge is 2.20. The first-order chi connectivity index (χ1) is 13.5. The van der Waals surface area contributed by atoms with Gasteiger partial charge in [0.05, 0.1) is 11.4 Å². The van der Waals surface area contributed by atoms with E-state index in [2.05, 4.69) is 5.32 Å². The van der Waals surface area contributed by atoms with Gasteiger partial charge in [-0.25, -0.2) is 9.69 Å². The smallest absolute Gasteiger partial charge is 0.410 e. The molecule has 3 aromatic carbocycles. The number of carbonyl (C=O) groups excluding carboxylic acids is 2. The fourth-order valence-electron chi connectivity index (χ4n) is 2.58. The van der Waals surface area contributed by atoms with Gasteiger partial charge in [0.15, 0.2) is 0 Å². The fraction of sp³-hybridized carbons (Fsp3) is 0.130. The average Bonchev–Trinajstić information content (AvgIpc) is 2.70. The summed E-state index contributed by atoms with van der Waals surface area (Å²) in [5, 5.41) is 2.80. The van der Waals surface area contributed by atoms with Crippen LogP contribution in [0.3, 0.4) is 0 Å². The molecule has 142 valence electrons. The number of anilines is 3. The van der Waals surface area contributed by atoms with Gasteiger partial charge in [0, 0.05) is 17.7 Å². The highest BCUT2D eigenvalue weighted by molar-refractivity contribution is 5.97. The topological polar surface area (TPSA) is 58.6 Å². The number of rotatable bonds is 5. The summed E-state index contributed by atoms with van der Waals surface area (Å²) in [5.41, 5.74) is 1.97. The van der Waals surface area contributed by atoms with E-state index in [4.69, 9.17) is 4.74 Å². The molecule has 3 rings (SSSR count). The Bertz CT molecular complexity index is 901. The molecule has 0 saturated carbocycles. The average molecular weight is 374 g/mol. The molecule has 0 bridgehead atoms. The summed E-state index contributed by atoms with van der Waals surface area (Å²) in [6, 6.07) is 25.4. The number of hydrogen-bond donors (Lipinski definition) is 1. The Labute approximate surface area is 164 Å². The monoisotopic (exact) mass is 374 g/mol. The summed E-state index contributed by atoms with van der Waals surface area (Å²) in [4.78, 5) is 26.4. The second-order valence-corrected chi connectivity index (χ2v) is 6.55. The van der Waals surface area contributed by atoms with Crippen LogP contribution in [0.5, 0.6) is 5.75 Å². The van der Waals surface area contributed by atoms with Gasteiger partial charge in [-0.15, -0.1) is 0 Å². The van der Waals surface area contributed by atoms with Crippen LogP contribution in [-0.4, -0.2) is 12.0 Å². The third kappa shape index (κ3) is 4.76. The van der Waals surface area contributed by atoms with E-state index in [-0.39, 0.29) is 11.8 Å². The Hall–Kier alpha value is -3.60. The van der Waals surface area contributed by atoms with Crippen LogP contribution in [0.2, 0.25) is 0 Å². The molecule has 0 aliphatic heterocycles. The maximum Gasteiger partial charge on any atom is 0.424 e. The van der Waals surface area contributed by atoms with Gasteiger partial charge < -0.3 is 10.1 Å². The van der Waals surface area contributed by atoms with Gasteiger partial charge in [0.2, 0.25) is 5.91 Å². The maximum atomic E-state index is 13.0. The van der Waals surface area contributed by atoms with Crippen molar-refractivity contribution in [3.63, 3.8) is 0 Å². The predicted molar refractivity (Wildman–Crippen MR) is 111 cm³/mol. The van der Waals surface area contributed by atoms with Crippen LogP contribution >= 0.6 is 0 Å². The van der Waals surface area contributed by atoms with Crippen molar-refractivity contribution in [2.75, 3.05) is 10.2 Å². The molecule has 5 nitrogen and oxygen atoms in total. The van der Waals surface area contributed by atoms with Crippen molar-refractivity contribution in [1.29, 1.82) is 0 Å². The number of nitrogens with zero attached hydrogens (tertiary/aromatic N) is 1. The lowest BCUT2D eigenvalue weighted by Gasteiger charge is -2.22. The predicted octanol–water partition coefficient (Wildman–Crippen LogP) is 5.62. The van der Waals surface area contributed by atoms with Crippen LogP contribution in [0.25, 0.3) is 0 Å². The number of para-hydroxylation sites is 2. The molecule has 0 heterocycles. The van der Waals surface area contributed by atoms with E-state index in [0.29, 0.717) is 22.8 Å². The van der Waals surface area contributed by atoms with Crippen LogP contribution in [0.15, 0.2) is 84.9 Å². The van der Waals surface area contributed by atoms with Crippen LogP contribution < -0.4 is 15.0 Å². The van der Waals surface area contributed by atoms with Gasteiger partial charge in [0.1, 0.15) is 5.75 Å². The second kappa shape index (κ2) is 8.86. The molecular weight excluding hydrogens is 352 g/mol. The third-order valence-electron chi connectivity index (χ3n) is 4.04. The minimum Gasteiger partial charge on any atom is -0.410 e. The Morgan fingerprint density at radius 1 is 0.821 bits per heavy atom. The number of nitrogens with one attached hydrogen (secondary N) is 1. The lowest BCUT2D eigenvalue weighted by Crippen LogP contribution is -2.29. The maximum absolute atomic E-state index is 13.0. The molecular formula is C23H22N2O3. The van der Waals surface area contributed by atoms with Gasteiger partial charge >= 0.3 is 6.09 Å². The number of hydrogen-bond acceptors (Lipinski definition) is 3. The molecule has 3 aromatic rings. The normalized spacial score (nSPS) is 10.4. The van der Waals surface area contributed by atoms with Crippen molar-refractivity contribution in [2.45, 2.75) is 13.8 Å². The Morgan fingerprint density at radius 2 is 1.39 bits per heavy atom.